The number of nitrogens with one attached hydrogen (secondary N) is 1. The fourth-order valence-corrected chi connectivity index (χ4v) is 3.39. The number of nitro benzene ring substituents is 1. The molecule has 1 aliphatic rings. The van der Waals surface area contributed by atoms with Crippen LogP contribution in [0.1, 0.15) is 12.5 Å². The molecule has 0 unspecified atom stereocenters. The van der Waals surface area contributed by atoms with Gasteiger partial charge in [-0.05, 0) is 24.6 Å². The van der Waals surface area contributed by atoms with Crippen LogP contribution in [-0.4, -0.2) is 53.9 Å². The highest BCUT2D eigenvalue weighted by atomic mass is 16.6. The normalized spacial score (nSPS) is 15.1. The average Bonchev–Trinajstić information content (AvgIpc) is 2.78. The summed E-state index contributed by atoms with van der Waals surface area (Å²) < 4.78 is 0. The van der Waals surface area contributed by atoms with Gasteiger partial charge in [0, 0.05) is 38.3 Å². The molecular weight excluding hydrogens is 384 g/mol. The predicted octanol–water partition coefficient (Wildman–Crippen LogP) is 2.46. The van der Waals surface area contributed by atoms with E-state index in [1.165, 1.54) is 12.1 Å². The molecule has 8 heteroatoms. The summed E-state index contributed by atoms with van der Waals surface area (Å²) in [6, 6.07) is 15.4. The first-order chi connectivity index (χ1) is 14.5. The topological polar surface area (TPSA) is 95.8 Å². The van der Waals surface area contributed by atoms with E-state index < -0.39 is 11.0 Å². The number of hydrogen-bond donors (Lipinski definition) is 1. The fraction of sp³-hybridized carbons (Fsp3) is 0.273. The number of hydrogen-bond acceptors (Lipinski definition) is 5. The molecule has 0 spiro atoms. The van der Waals surface area contributed by atoms with Gasteiger partial charge in [0.25, 0.3) is 5.69 Å². The van der Waals surface area contributed by atoms with E-state index >= 15 is 0 Å². The lowest BCUT2D eigenvalue weighted by atomic mass is 10.2. The highest BCUT2D eigenvalue weighted by molar-refractivity contribution is 5.95. The van der Waals surface area contributed by atoms with Gasteiger partial charge in [-0.15, -0.1) is 0 Å². The second-order valence-electron chi connectivity index (χ2n) is 7.03. The van der Waals surface area contributed by atoms with Crippen LogP contribution in [0.3, 0.4) is 0 Å². The molecular formula is C22H24N4O4. The van der Waals surface area contributed by atoms with Crippen molar-refractivity contribution in [2.45, 2.75) is 13.0 Å². The first-order valence-electron chi connectivity index (χ1n) is 9.76. The van der Waals surface area contributed by atoms with Crippen molar-refractivity contribution in [3.63, 3.8) is 0 Å². The Morgan fingerprint density at radius 3 is 2.33 bits per heavy atom. The minimum atomic E-state index is -0.657. The van der Waals surface area contributed by atoms with E-state index in [1.807, 2.05) is 35.2 Å². The Kier molecular flexibility index (Phi) is 6.79. The monoisotopic (exact) mass is 408 g/mol. The van der Waals surface area contributed by atoms with Crippen LogP contribution in [0.4, 0.5) is 11.4 Å². The third kappa shape index (κ3) is 5.22. The SMILES string of the molecule is C[C@@H](NC(=O)/C=C\c1ccccc1)C(=O)N1CCN(c2ccccc2[N+](=O)[O-])CC1. The number of piperazine rings is 1. The summed E-state index contributed by atoms with van der Waals surface area (Å²) in [5.74, 6) is -0.503. The van der Waals surface area contributed by atoms with Crippen molar-refractivity contribution in [2.75, 3.05) is 31.1 Å². The summed E-state index contributed by atoms with van der Waals surface area (Å²) in [4.78, 5) is 39.2. The van der Waals surface area contributed by atoms with Gasteiger partial charge in [0.15, 0.2) is 0 Å². The van der Waals surface area contributed by atoms with Gasteiger partial charge in [0.05, 0.1) is 4.92 Å². The summed E-state index contributed by atoms with van der Waals surface area (Å²) in [7, 11) is 0. The Morgan fingerprint density at radius 1 is 1.03 bits per heavy atom. The summed E-state index contributed by atoms with van der Waals surface area (Å²) in [6.45, 7) is 3.51. The van der Waals surface area contributed by atoms with Crippen molar-refractivity contribution in [3.8, 4) is 0 Å². The molecule has 0 saturated carbocycles. The predicted molar refractivity (Wildman–Crippen MR) is 115 cm³/mol. The summed E-state index contributed by atoms with van der Waals surface area (Å²) >= 11 is 0. The second-order valence-corrected chi connectivity index (χ2v) is 7.03. The van der Waals surface area contributed by atoms with Gasteiger partial charge >= 0.3 is 0 Å². The van der Waals surface area contributed by atoms with Gasteiger partial charge in [0.1, 0.15) is 11.7 Å². The molecule has 0 aliphatic carbocycles. The summed E-state index contributed by atoms with van der Waals surface area (Å²) in [5.41, 5.74) is 1.52. The molecule has 2 aromatic rings. The van der Waals surface area contributed by atoms with E-state index in [9.17, 15) is 19.7 Å². The molecule has 156 valence electrons. The molecule has 0 aromatic heterocycles. The van der Waals surface area contributed by atoms with Crippen molar-refractivity contribution < 1.29 is 14.5 Å². The van der Waals surface area contributed by atoms with Crippen molar-refractivity contribution in [1.29, 1.82) is 0 Å². The van der Waals surface area contributed by atoms with E-state index in [0.29, 0.717) is 31.9 Å². The quantitative estimate of drug-likeness (QED) is 0.450. The molecule has 0 bridgehead atoms. The van der Waals surface area contributed by atoms with E-state index in [2.05, 4.69) is 5.32 Å². The highest BCUT2D eigenvalue weighted by Gasteiger charge is 2.28. The molecule has 1 heterocycles. The van der Waals surface area contributed by atoms with E-state index in [4.69, 9.17) is 0 Å². The zero-order chi connectivity index (χ0) is 21.5. The zero-order valence-corrected chi connectivity index (χ0v) is 16.7. The summed E-state index contributed by atoms with van der Waals surface area (Å²) in [5, 5.41) is 13.9. The number of carbonyl (C=O) groups is 2. The van der Waals surface area contributed by atoms with Gasteiger partial charge < -0.3 is 15.1 Å². The fourth-order valence-electron chi connectivity index (χ4n) is 3.39. The maximum Gasteiger partial charge on any atom is 0.292 e. The van der Waals surface area contributed by atoms with E-state index in [1.54, 1.807) is 36.1 Å². The number of amides is 2. The average molecular weight is 408 g/mol. The van der Waals surface area contributed by atoms with Crippen LogP contribution >= 0.6 is 0 Å². The van der Waals surface area contributed by atoms with E-state index in [0.717, 1.165) is 5.56 Å². The lowest BCUT2D eigenvalue weighted by Gasteiger charge is -2.36. The summed E-state index contributed by atoms with van der Waals surface area (Å²) in [6.07, 6.45) is 3.10. The van der Waals surface area contributed by atoms with Crippen molar-refractivity contribution in [2.24, 2.45) is 0 Å². The first-order valence-corrected chi connectivity index (χ1v) is 9.76. The lowest BCUT2D eigenvalue weighted by Crippen LogP contribution is -2.54. The second kappa shape index (κ2) is 9.69. The Hall–Kier alpha value is -3.68. The molecule has 2 aromatic carbocycles. The minimum absolute atomic E-state index is 0.0584. The number of para-hydroxylation sites is 2. The van der Waals surface area contributed by atoms with Crippen molar-refractivity contribution >= 4 is 29.3 Å². The van der Waals surface area contributed by atoms with Gasteiger partial charge in [-0.2, -0.15) is 0 Å². The van der Waals surface area contributed by atoms with Gasteiger partial charge in [0.2, 0.25) is 11.8 Å². The Labute approximate surface area is 174 Å². The Bertz CT molecular complexity index is 937. The number of anilines is 1. The molecule has 1 aliphatic heterocycles. The van der Waals surface area contributed by atoms with Gasteiger partial charge in [-0.25, -0.2) is 0 Å². The van der Waals surface area contributed by atoms with Crippen LogP contribution in [0.2, 0.25) is 0 Å². The molecule has 0 radical (unpaired) electrons. The maximum absolute atomic E-state index is 12.7. The van der Waals surface area contributed by atoms with Crippen LogP contribution in [0.5, 0.6) is 0 Å². The molecule has 2 amide bonds. The molecule has 8 nitrogen and oxygen atoms in total. The number of nitrogens with zero attached hydrogens (tertiary/aromatic N) is 3. The first kappa shape index (κ1) is 21.0. The van der Waals surface area contributed by atoms with Crippen molar-refractivity contribution in [3.05, 3.63) is 76.4 Å². The van der Waals surface area contributed by atoms with E-state index in [-0.39, 0.29) is 17.5 Å². The van der Waals surface area contributed by atoms with Crippen LogP contribution in [0.15, 0.2) is 60.7 Å². The number of benzene rings is 2. The van der Waals surface area contributed by atoms with Crippen LogP contribution < -0.4 is 10.2 Å². The molecule has 1 N–H and O–H groups in total. The molecule has 1 fully saturated rings. The van der Waals surface area contributed by atoms with Crippen LogP contribution in [0, 0.1) is 10.1 Å². The van der Waals surface area contributed by atoms with Gasteiger partial charge in [-0.1, -0.05) is 42.5 Å². The third-order valence-electron chi connectivity index (χ3n) is 4.97. The molecule has 30 heavy (non-hydrogen) atoms. The van der Waals surface area contributed by atoms with Crippen LogP contribution in [0.25, 0.3) is 6.08 Å². The van der Waals surface area contributed by atoms with Crippen molar-refractivity contribution in [1.82, 2.24) is 10.2 Å². The maximum atomic E-state index is 12.7. The number of nitro groups is 1. The zero-order valence-electron chi connectivity index (χ0n) is 16.7. The lowest BCUT2D eigenvalue weighted by molar-refractivity contribution is -0.384. The number of carbonyl (C=O) groups excluding carboxylic acids is 2. The Balaban J connectivity index is 1.53. The standard InChI is InChI=1S/C22H24N4O4/c1-17(23-21(27)12-11-18-7-3-2-4-8-18)22(28)25-15-13-24(14-16-25)19-9-5-6-10-20(19)26(29)30/h2-12,17H,13-16H2,1H3,(H,23,27)/b12-11-/t17-/m1/s1. The van der Waals surface area contributed by atoms with Gasteiger partial charge in [-0.3, -0.25) is 19.7 Å². The molecule has 3 rings (SSSR count). The Morgan fingerprint density at radius 2 is 1.67 bits per heavy atom. The van der Waals surface area contributed by atoms with Crippen LogP contribution in [-0.2, 0) is 9.59 Å². The molecule has 1 atom stereocenters. The number of rotatable bonds is 6. The smallest absolute Gasteiger partial charge is 0.292 e. The largest absolute Gasteiger partial charge is 0.362 e. The minimum Gasteiger partial charge on any atom is -0.362 e. The molecule has 1 saturated heterocycles. The third-order valence-corrected chi connectivity index (χ3v) is 4.97. The highest BCUT2D eigenvalue weighted by Crippen LogP contribution is 2.28.